The van der Waals surface area contributed by atoms with Crippen molar-refractivity contribution >= 4 is 17.5 Å². The summed E-state index contributed by atoms with van der Waals surface area (Å²) in [6.07, 6.45) is 1.42. The average Bonchev–Trinajstić information content (AvgIpc) is 3.45. The van der Waals surface area contributed by atoms with Crippen molar-refractivity contribution in [1.29, 1.82) is 0 Å². The number of ether oxygens (including phenoxy) is 4. The van der Waals surface area contributed by atoms with E-state index in [0.717, 1.165) is 0 Å². The highest BCUT2D eigenvalue weighted by atomic mass is 19.1. The molecular formula is C30H30FN5O5. The fraction of sp³-hybridized carbons (Fsp3) is 0.233. The van der Waals surface area contributed by atoms with Crippen LogP contribution < -0.4 is 29.6 Å². The first kappa shape index (κ1) is 27.5. The van der Waals surface area contributed by atoms with Gasteiger partial charge in [-0.2, -0.15) is 10.1 Å². The summed E-state index contributed by atoms with van der Waals surface area (Å²) in [6, 6.07) is 16.3. The highest BCUT2D eigenvalue weighted by Crippen LogP contribution is 2.40. The van der Waals surface area contributed by atoms with Crippen LogP contribution in [0.15, 0.2) is 78.3 Å². The monoisotopic (exact) mass is 559 g/mol. The lowest BCUT2D eigenvalue weighted by molar-refractivity contribution is -0.113. The van der Waals surface area contributed by atoms with E-state index in [-0.39, 0.29) is 18.3 Å². The van der Waals surface area contributed by atoms with Gasteiger partial charge in [-0.25, -0.2) is 9.07 Å². The summed E-state index contributed by atoms with van der Waals surface area (Å²) in [5.74, 6) is 1.73. The molecule has 1 atom stereocenters. The first-order valence-corrected chi connectivity index (χ1v) is 13.0. The standard InChI is InChI=1S/C30H30FN5O5/c1-5-40-26-14-19(10-13-24(26)41-16-20-8-6-7-9-22(20)31)28-27(18(2)34-30-32-17-33-36(28)30)29(37)35-23-12-11-21(38-3)15-25(23)39-4/h6-15,17,28H,5,16H2,1-4H3,(H,35,37)(H,32,33,34)/t28-/m1/s1. The number of aromatic nitrogens is 3. The molecule has 0 radical (unpaired) electrons. The van der Waals surface area contributed by atoms with Gasteiger partial charge in [-0.1, -0.05) is 24.3 Å². The van der Waals surface area contributed by atoms with Gasteiger partial charge in [0.2, 0.25) is 5.95 Å². The molecule has 0 bridgehead atoms. The number of methoxy groups -OCH3 is 2. The molecule has 1 aliphatic rings. The topological polar surface area (TPSA) is 109 Å². The van der Waals surface area contributed by atoms with Crippen LogP contribution in [0.5, 0.6) is 23.0 Å². The third-order valence-corrected chi connectivity index (χ3v) is 6.62. The fourth-order valence-corrected chi connectivity index (χ4v) is 4.64. The Labute approximate surface area is 236 Å². The molecule has 10 nitrogen and oxygen atoms in total. The van der Waals surface area contributed by atoms with Crippen LogP contribution in [0.1, 0.15) is 31.0 Å². The number of amides is 1. The Kier molecular flexibility index (Phi) is 8.04. The molecule has 0 unspecified atom stereocenters. The second-order valence-corrected chi connectivity index (χ2v) is 9.13. The molecule has 41 heavy (non-hydrogen) atoms. The SMILES string of the molecule is CCOc1cc([C@@H]2C(C(=O)Nc3ccc(OC)cc3OC)=C(C)Nc3ncnn32)ccc1OCc1ccccc1F. The molecule has 2 N–H and O–H groups in total. The van der Waals surface area contributed by atoms with Crippen molar-refractivity contribution in [1.82, 2.24) is 14.8 Å². The minimum absolute atomic E-state index is 0.0308. The number of allylic oxidation sites excluding steroid dienone is 1. The van der Waals surface area contributed by atoms with E-state index < -0.39 is 6.04 Å². The van der Waals surface area contributed by atoms with Crippen molar-refractivity contribution in [2.24, 2.45) is 0 Å². The predicted octanol–water partition coefficient (Wildman–Crippen LogP) is 5.34. The van der Waals surface area contributed by atoms with Crippen LogP contribution in [0.3, 0.4) is 0 Å². The number of fused-ring (bicyclic) bond motifs is 1. The lowest BCUT2D eigenvalue weighted by atomic mass is 9.94. The summed E-state index contributed by atoms with van der Waals surface area (Å²) in [7, 11) is 3.08. The number of hydrogen-bond donors (Lipinski definition) is 2. The number of nitrogens with one attached hydrogen (secondary N) is 2. The summed E-state index contributed by atoms with van der Waals surface area (Å²) in [4.78, 5) is 18.1. The molecule has 0 spiro atoms. The Morgan fingerprint density at radius 1 is 1.02 bits per heavy atom. The summed E-state index contributed by atoms with van der Waals surface area (Å²) in [5.41, 5.74) is 2.65. The van der Waals surface area contributed by atoms with Crippen molar-refractivity contribution in [2.45, 2.75) is 26.5 Å². The van der Waals surface area contributed by atoms with Crippen molar-refractivity contribution in [3.05, 3.63) is 95.2 Å². The lowest BCUT2D eigenvalue weighted by Gasteiger charge is -2.29. The van der Waals surface area contributed by atoms with E-state index in [1.54, 1.807) is 67.2 Å². The smallest absolute Gasteiger partial charge is 0.255 e. The van der Waals surface area contributed by atoms with E-state index in [9.17, 15) is 9.18 Å². The zero-order valence-corrected chi connectivity index (χ0v) is 23.1. The first-order valence-electron chi connectivity index (χ1n) is 13.0. The van der Waals surface area contributed by atoms with E-state index in [1.165, 1.54) is 19.5 Å². The van der Waals surface area contributed by atoms with Crippen LogP contribution in [0.2, 0.25) is 0 Å². The zero-order valence-electron chi connectivity index (χ0n) is 23.1. The average molecular weight is 560 g/mol. The van der Waals surface area contributed by atoms with Gasteiger partial charge in [0.25, 0.3) is 5.91 Å². The van der Waals surface area contributed by atoms with Gasteiger partial charge in [0.05, 0.1) is 32.1 Å². The quantitative estimate of drug-likeness (QED) is 0.268. The van der Waals surface area contributed by atoms with Crippen LogP contribution in [0, 0.1) is 5.82 Å². The third kappa shape index (κ3) is 5.65. The molecular weight excluding hydrogens is 529 g/mol. The highest BCUT2D eigenvalue weighted by molar-refractivity contribution is 6.06. The van der Waals surface area contributed by atoms with Gasteiger partial charge in [-0.15, -0.1) is 0 Å². The molecule has 0 saturated carbocycles. The van der Waals surface area contributed by atoms with E-state index >= 15 is 0 Å². The van der Waals surface area contributed by atoms with Gasteiger partial charge in [0.15, 0.2) is 11.5 Å². The molecule has 1 amide bonds. The fourth-order valence-electron chi connectivity index (χ4n) is 4.64. The van der Waals surface area contributed by atoms with Crippen molar-refractivity contribution in [3.8, 4) is 23.0 Å². The number of benzene rings is 3. The Balaban J connectivity index is 1.50. The number of halogens is 1. The van der Waals surface area contributed by atoms with E-state index in [2.05, 4.69) is 20.7 Å². The summed E-state index contributed by atoms with van der Waals surface area (Å²) < 4.78 is 38.4. The van der Waals surface area contributed by atoms with Gasteiger partial charge in [0.1, 0.15) is 36.3 Å². The van der Waals surface area contributed by atoms with Crippen LogP contribution >= 0.6 is 0 Å². The molecule has 1 aliphatic heterocycles. The second kappa shape index (κ2) is 12.0. The van der Waals surface area contributed by atoms with Gasteiger partial charge >= 0.3 is 0 Å². The van der Waals surface area contributed by atoms with Gasteiger partial charge in [0, 0.05) is 17.3 Å². The van der Waals surface area contributed by atoms with E-state index in [1.807, 2.05) is 13.0 Å². The molecule has 4 aromatic rings. The number of carbonyl (C=O) groups excluding carboxylic acids is 1. The normalized spacial score (nSPS) is 14.1. The molecule has 2 heterocycles. The second-order valence-electron chi connectivity index (χ2n) is 9.13. The van der Waals surface area contributed by atoms with Crippen LogP contribution in [-0.2, 0) is 11.4 Å². The van der Waals surface area contributed by atoms with Gasteiger partial charge in [-0.3, -0.25) is 4.79 Å². The maximum Gasteiger partial charge on any atom is 0.255 e. The number of anilines is 2. The molecule has 212 valence electrons. The molecule has 0 fully saturated rings. The third-order valence-electron chi connectivity index (χ3n) is 6.62. The molecule has 5 rings (SSSR count). The number of carbonyl (C=O) groups is 1. The molecule has 0 aliphatic carbocycles. The molecule has 0 saturated heterocycles. The summed E-state index contributed by atoms with van der Waals surface area (Å²) >= 11 is 0. The molecule has 1 aromatic heterocycles. The Morgan fingerprint density at radius 3 is 2.61 bits per heavy atom. The lowest BCUT2D eigenvalue weighted by Crippen LogP contribution is -2.31. The molecule has 3 aromatic carbocycles. The predicted molar refractivity (Wildman–Crippen MR) is 151 cm³/mol. The first-order chi connectivity index (χ1) is 19.9. The summed E-state index contributed by atoms with van der Waals surface area (Å²) in [5, 5.41) is 10.5. The van der Waals surface area contributed by atoms with Crippen LogP contribution in [-0.4, -0.2) is 41.5 Å². The van der Waals surface area contributed by atoms with E-state index in [0.29, 0.717) is 63.6 Å². The van der Waals surface area contributed by atoms with Gasteiger partial charge in [-0.05, 0) is 49.7 Å². The largest absolute Gasteiger partial charge is 0.497 e. The van der Waals surface area contributed by atoms with Crippen molar-refractivity contribution in [2.75, 3.05) is 31.5 Å². The Bertz CT molecular complexity index is 1600. The number of rotatable bonds is 10. The van der Waals surface area contributed by atoms with Gasteiger partial charge < -0.3 is 29.6 Å². The Morgan fingerprint density at radius 2 is 1.85 bits per heavy atom. The number of hydrogen-bond acceptors (Lipinski definition) is 8. The van der Waals surface area contributed by atoms with Crippen LogP contribution in [0.25, 0.3) is 0 Å². The van der Waals surface area contributed by atoms with Crippen molar-refractivity contribution < 1.29 is 28.1 Å². The maximum absolute atomic E-state index is 14.2. The van der Waals surface area contributed by atoms with Crippen molar-refractivity contribution in [3.63, 3.8) is 0 Å². The Hall–Kier alpha value is -5.06. The number of nitrogens with zero attached hydrogens (tertiary/aromatic N) is 3. The minimum Gasteiger partial charge on any atom is -0.497 e. The minimum atomic E-state index is -0.641. The van der Waals surface area contributed by atoms with Crippen LogP contribution in [0.4, 0.5) is 16.0 Å². The molecule has 11 heteroatoms. The highest BCUT2D eigenvalue weighted by Gasteiger charge is 2.34. The maximum atomic E-state index is 14.2. The summed E-state index contributed by atoms with van der Waals surface area (Å²) in [6.45, 7) is 4.07. The van der Waals surface area contributed by atoms with E-state index in [4.69, 9.17) is 18.9 Å². The zero-order chi connectivity index (χ0) is 28.9.